The molecule has 0 aromatic heterocycles. The average Bonchev–Trinajstić information content (AvgIpc) is 2.36. The number of carboxylic acid groups (broad SMARTS) is 1. The van der Waals surface area contributed by atoms with Crippen molar-refractivity contribution in [3.8, 4) is 6.07 Å². The van der Waals surface area contributed by atoms with Crippen molar-refractivity contribution in [1.82, 2.24) is 5.32 Å². The van der Waals surface area contributed by atoms with E-state index >= 15 is 0 Å². The van der Waals surface area contributed by atoms with Crippen molar-refractivity contribution in [2.45, 2.75) is 12.8 Å². The van der Waals surface area contributed by atoms with Crippen LogP contribution in [0.5, 0.6) is 0 Å². The Kier molecular flexibility index (Phi) is 5.82. The first-order valence-corrected chi connectivity index (χ1v) is 6.28. The number of carboxylic acids is 1. The van der Waals surface area contributed by atoms with E-state index in [1.807, 2.05) is 6.07 Å². The average molecular weight is 326 g/mol. The van der Waals surface area contributed by atoms with E-state index in [4.69, 9.17) is 10.4 Å². The number of carbonyl (C=O) groups excluding carboxylic acids is 1. The SMILES string of the molecule is N#Cc1cc(Br)ccc1NC(=O)NCCCC(=O)O. The molecule has 19 heavy (non-hydrogen) atoms. The lowest BCUT2D eigenvalue weighted by atomic mass is 10.2. The third kappa shape index (κ3) is 5.40. The molecule has 0 aliphatic heterocycles. The molecule has 0 radical (unpaired) electrons. The van der Waals surface area contributed by atoms with Gasteiger partial charge < -0.3 is 15.7 Å². The lowest BCUT2D eigenvalue weighted by molar-refractivity contribution is -0.137. The summed E-state index contributed by atoms with van der Waals surface area (Å²) in [5.41, 5.74) is 0.747. The number of carbonyl (C=O) groups is 2. The van der Waals surface area contributed by atoms with Crippen molar-refractivity contribution in [3.63, 3.8) is 0 Å². The summed E-state index contributed by atoms with van der Waals surface area (Å²) in [7, 11) is 0. The molecule has 1 aromatic rings. The highest BCUT2D eigenvalue weighted by molar-refractivity contribution is 9.10. The van der Waals surface area contributed by atoms with E-state index in [1.54, 1.807) is 18.2 Å². The molecule has 0 saturated heterocycles. The van der Waals surface area contributed by atoms with Crippen LogP contribution in [0.15, 0.2) is 22.7 Å². The summed E-state index contributed by atoms with van der Waals surface area (Å²) in [5.74, 6) is -0.901. The van der Waals surface area contributed by atoms with Gasteiger partial charge in [0.1, 0.15) is 6.07 Å². The van der Waals surface area contributed by atoms with Gasteiger partial charge >= 0.3 is 12.0 Å². The van der Waals surface area contributed by atoms with Crippen LogP contribution in [-0.2, 0) is 4.79 Å². The highest BCUT2D eigenvalue weighted by Gasteiger charge is 2.07. The predicted octanol–water partition coefficient (Wildman–Crippen LogP) is 2.31. The van der Waals surface area contributed by atoms with Gasteiger partial charge in [-0.05, 0) is 24.6 Å². The third-order valence-electron chi connectivity index (χ3n) is 2.20. The molecule has 100 valence electrons. The number of rotatable bonds is 5. The van der Waals surface area contributed by atoms with Gasteiger partial charge in [0.05, 0.1) is 11.3 Å². The van der Waals surface area contributed by atoms with Gasteiger partial charge in [-0.25, -0.2) is 4.79 Å². The van der Waals surface area contributed by atoms with E-state index in [0.29, 0.717) is 17.7 Å². The molecule has 0 aliphatic carbocycles. The first-order chi connectivity index (χ1) is 9.02. The Balaban J connectivity index is 2.49. The summed E-state index contributed by atoms with van der Waals surface area (Å²) < 4.78 is 0.747. The summed E-state index contributed by atoms with van der Waals surface area (Å²) in [6.45, 7) is 0.260. The molecule has 1 aromatic carbocycles. The van der Waals surface area contributed by atoms with E-state index < -0.39 is 12.0 Å². The van der Waals surface area contributed by atoms with Crippen LogP contribution < -0.4 is 10.6 Å². The molecule has 0 bridgehead atoms. The highest BCUT2D eigenvalue weighted by atomic mass is 79.9. The highest BCUT2D eigenvalue weighted by Crippen LogP contribution is 2.20. The normalized spacial score (nSPS) is 9.47. The molecule has 0 atom stereocenters. The van der Waals surface area contributed by atoms with Crippen LogP contribution in [0, 0.1) is 11.3 Å². The minimum atomic E-state index is -0.901. The zero-order valence-corrected chi connectivity index (χ0v) is 11.5. The number of halogens is 1. The van der Waals surface area contributed by atoms with Crippen LogP contribution in [0.4, 0.5) is 10.5 Å². The lowest BCUT2D eigenvalue weighted by Crippen LogP contribution is -2.30. The van der Waals surface area contributed by atoms with Crippen LogP contribution >= 0.6 is 15.9 Å². The van der Waals surface area contributed by atoms with E-state index in [0.717, 1.165) is 4.47 Å². The fourth-order valence-electron chi connectivity index (χ4n) is 1.33. The second kappa shape index (κ2) is 7.38. The van der Waals surface area contributed by atoms with Gasteiger partial charge in [0.25, 0.3) is 0 Å². The Morgan fingerprint density at radius 2 is 2.16 bits per heavy atom. The van der Waals surface area contributed by atoms with Crippen molar-refractivity contribution in [3.05, 3.63) is 28.2 Å². The van der Waals surface area contributed by atoms with Gasteiger partial charge in [-0.3, -0.25) is 4.79 Å². The number of anilines is 1. The van der Waals surface area contributed by atoms with Gasteiger partial charge in [-0.1, -0.05) is 15.9 Å². The predicted molar refractivity (Wildman–Crippen MR) is 72.7 cm³/mol. The number of hydrogen-bond acceptors (Lipinski definition) is 3. The van der Waals surface area contributed by atoms with Crippen LogP contribution in [-0.4, -0.2) is 23.7 Å². The first kappa shape index (κ1) is 15.0. The van der Waals surface area contributed by atoms with Gasteiger partial charge in [0, 0.05) is 17.4 Å². The fourth-order valence-corrected chi connectivity index (χ4v) is 1.69. The number of benzene rings is 1. The van der Waals surface area contributed by atoms with Crippen molar-refractivity contribution >= 4 is 33.6 Å². The van der Waals surface area contributed by atoms with Gasteiger partial charge in [-0.2, -0.15) is 5.26 Å². The molecule has 2 amide bonds. The molecule has 0 heterocycles. The largest absolute Gasteiger partial charge is 0.481 e. The van der Waals surface area contributed by atoms with Gasteiger partial charge in [-0.15, -0.1) is 0 Å². The summed E-state index contributed by atoms with van der Waals surface area (Å²) in [6.07, 6.45) is 0.357. The number of hydrogen-bond donors (Lipinski definition) is 3. The molecule has 0 aliphatic rings. The summed E-state index contributed by atoms with van der Waals surface area (Å²) in [6, 6.07) is 6.42. The van der Waals surface area contributed by atoms with E-state index in [2.05, 4.69) is 26.6 Å². The van der Waals surface area contributed by atoms with E-state index in [9.17, 15) is 9.59 Å². The zero-order valence-electron chi connectivity index (χ0n) is 9.94. The van der Waals surface area contributed by atoms with Crippen LogP contribution in [0.2, 0.25) is 0 Å². The second-order valence-electron chi connectivity index (χ2n) is 3.68. The Morgan fingerprint density at radius 1 is 1.42 bits per heavy atom. The van der Waals surface area contributed by atoms with Gasteiger partial charge in [0.15, 0.2) is 0 Å². The topological polar surface area (TPSA) is 102 Å². The van der Waals surface area contributed by atoms with E-state index in [1.165, 1.54) is 0 Å². The van der Waals surface area contributed by atoms with Crippen LogP contribution in [0.1, 0.15) is 18.4 Å². The van der Waals surface area contributed by atoms with Crippen LogP contribution in [0.3, 0.4) is 0 Å². The van der Waals surface area contributed by atoms with Crippen molar-refractivity contribution in [2.24, 2.45) is 0 Å². The Hall–Kier alpha value is -2.07. The van der Waals surface area contributed by atoms with Crippen molar-refractivity contribution < 1.29 is 14.7 Å². The molecule has 0 saturated carbocycles. The fraction of sp³-hybridized carbons (Fsp3) is 0.250. The summed E-state index contributed by atoms with van der Waals surface area (Å²) >= 11 is 3.23. The Labute approximate surface area is 118 Å². The lowest BCUT2D eigenvalue weighted by Gasteiger charge is -2.08. The number of nitriles is 1. The number of aliphatic carboxylic acids is 1. The Bertz CT molecular complexity index is 525. The molecule has 0 fully saturated rings. The number of urea groups is 1. The molecule has 0 unspecified atom stereocenters. The molecule has 7 heteroatoms. The minimum absolute atomic E-state index is 0.00199. The van der Waals surface area contributed by atoms with Gasteiger partial charge in [0.2, 0.25) is 0 Å². The monoisotopic (exact) mass is 325 g/mol. The molecule has 0 spiro atoms. The summed E-state index contributed by atoms with van der Waals surface area (Å²) in [5, 5.41) is 22.4. The quantitative estimate of drug-likeness (QED) is 0.723. The molecular formula is C12H12BrN3O3. The molecule has 6 nitrogen and oxygen atoms in total. The molecular weight excluding hydrogens is 314 g/mol. The van der Waals surface area contributed by atoms with E-state index in [-0.39, 0.29) is 13.0 Å². The first-order valence-electron chi connectivity index (χ1n) is 5.49. The number of nitrogens with zero attached hydrogens (tertiary/aromatic N) is 1. The van der Waals surface area contributed by atoms with Crippen LogP contribution in [0.25, 0.3) is 0 Å². The third-order valence-corrected chi connectivity index (χ3v) is 2.70. The molecule has 3 N–H and O–H groups in total. The maximum absolute atomic E-state index is 11.5. The van der Waals surface area contributed by atoms with Crippen molar-refractivity contribution in [1.29, 1.82) is 5.26 Å². The standard InChI is InChI=1S/C12H12BrN3O3/c13-9-3-4-10(8(6-9)7-14)16-12(19)15-5-1-2-11(17)18/h3-4,6H,1-2,5H2,(H,17,18)(H2,15,16,19). The second-order valence-corrected chi connectivity index (χ2v) is 4.60. The Morgan fingerprint density at radius 3 is 2.79 bits per heavy atom. The number of amides is 2. The zero-order chi connectivity index (χ0) is 14.3. The van der Waals surface area contributed by atoms with Crippen molar-refractivity contribution in [2.75, 3.05) is 11.9 Å². The summed E-state index contributed by atoms with van der Waals surface area (Å²) in [4.78, 5) is 21.8. The minimum Gasteiger partial charge on any atom is -0.481 e. The number of nitrogens with one attached hydrogen (secondary N) is 2. The molecule has 1 rings (SSSR count). The maximum atomic E-state index is 11.5. The maximum Gasteiger partial charge on any atom is 0.319 e. The smallest absolute Gasteiger partial charge is 0.319 e.